The Morgan fingerprint density at radius 1 is 1.38 bits per heavy atom. The molecule has 4 heteroatoms. The number of alkyl halides is 2. The summed E-state index contributed by atoms with van der Waals surface area (Å²) in [6.07, 6.45) is 8.18. The number of allylic oxidation sites excluding steroid dienone is 6. The molecule has 1 atom stereocenters. The van der Waals surface area contributed by atoms with Gasteiger partial charge in [0.15, 0.2) is 0 Å². The van der Waals surface area contributed by atoms with Gasteiger partial charge in [0.05, 0.1) is 0 Å². The minimum absolute atomic E-state index is 0.632. The molecule has 0 bridgehead atoms. The SMILES string of the molecule is [O-]N1C=CC2=CC(F)(Cl)C=CC2=C1. The van der Waals surface area contributed by atoms with Crippen LogP contribution in [0, 0.1) is 5.21 Å². The molecular weight excluding hydrogens is 193 g/mol. The average molecular weight is 199 g/mol. The monoisotopic (exact) mass is 198 g/mol. The summed E-state index contributed by atoms with van der Waals surface area (Å²) in [6, 6.07) is 0. The van der Waals surface area contributed by atoms with Crippen molar-refractivity contribution in [2.24, 2.45) is 0 Å². The van der Waals surface area contributed by atoms with Crippen molar-refractivity contribution in [2.75, 3.05) is 0 Å². The molecule has 1 aliphatic carbocycles. The zero-order chi connectivity index (χ0) is 9.47. The van der Waals surface area contributed by atoms with Crippen LogP contribution in [0.1, 0.15) is 0 Å². The van der Waals surface area contributed by atoms with Gasteiger partial charge >= 0.3 is 0 Å². The first-order chi connectivity index (χ1) is 6.07. The van der Waals surface area contributed by atoms with Gasteiger partial charge in [0.2, 0.25) is 5.13 Å². The molecule has 0 fully saturated rings. The molecule has 1 unspecified atom stereocenters. The highest BCUT2D eigenvalue weighted by Gasteiger charge is 2.24. The van der Waals surface area contributed by atoms with E-state index in [1.807, 2.05) is 0 Å². The fourth-order valence-electron chi connectivity index (χ4n) is 1.23. The molecule has 1 heterocycles. The third-order valence-electron chi connectivity index (χ3n) is 1.83. The van der Waals surface area contributed by atoms with Crippen LogP contribution in [-0.2, 0) is 0 Å². The van der Waals surface area contributed by atoms with Crippen LogP contribution in [0.15, 0.2) is 47.9 Å². The van der Waals surface area contributed by atoms with Crippen LogP contribution in [-0.4, -0.2) is 10.2 Å². The summed E-state index contributed by atoms with van der Waals surface area (Å²) in [6.45, 7) is 0. The van der Waals surface area contributed by atoms with E-state index in [0.717, 1.165) is 0 Å². The first-order valence-corrected chi connectivity index (χ1v) is 4.10. The molecule has 13 heavy (non-hydrogen) atoms. The standard InChI is InChI=1S/C9H6ClFNO/c10-9(11)3-1-8-6-12(13)4-2-7(8)5-9/h1-6H/q-1. The molecule has 0 aromatic carbocycles. The second-order valence-electron chi connectivity index (χ2n) is 2.87. The number of hydrogen-bond donors (Lipinski definition) is 0. The van der Waals surface area contributed by atoms with Gasteiger partial charge in [-0.1, -0.05) is 17.7 Å². The van der Waals surface area contributed by atoms with Gasteiger partial charge in [-0.3, -0.25) is 0 Å². The van der Waals surface area contributed by atoms with E-state index in [-0.39, 0.29) is 0 Å². The van der Waals surface area contributed by atoms with Gasteiger partial charge in [0, 0.05) is 6.20 Å². The molecule has 0 aromatic rings. The molecule has 0 saturated carbocycles. The molecule has 0 radical (unpaired) electrons. The smallest absolute Gasteiger partial charge is 0.221 e. The van der Waals surface area contributed by atoms with Crippen molar-refractivity contribution < 1.29 is 4.39 Å². The van der Waals surface area contributed by atoms with E-state index < -0.39 is 5.13 Å². The van der Waals surface area contributed by atoms with E-state index >= 15 is 0 Å². The minimum Gasteiger partial charge on any atom is -0.755 e. The molecule has 0 aromatic heterocycles. The van der Waals surface area contributed by atoms with Gasteiger partial charge in [0.1, 0.15) is 0 Å². The number of halogens is 2. The molecule has 1 aliphatic heterocycles. The molecular formula is C9H6ClFNO-. The van der Waals surface area contributed by atoms with Crippen molar-refractivity contribution in [1.29, 1.82) is 0 Å². The van der Waals surface area contributed by atoms with Crippen LogP contribution in [0.3, 0.4) is 0 Å². The normalized spacial score (nSPS) is 31.2. The van der Waals surface area contributed by atoms with Crippen LogP contribution < -0.4 is 0 Å². The Bertz CT molecular complexity index is 355. The van der Waals surface area contributed by atoms with Crippen LogP contribution in [0.2, 0.25) is 0 Å². The summed E-state index contributed by atoms with van der Waals surface area (Å²) in [4.78, 5) is 0. The molecule has 0 N–H and O–H groups in total. The summed E-state index contributed by atoms with van der Waals surface area (Å²) >= 11 is 5.45. The third kappa shape index (κ3) is 1.66. The molecule has 2 rings (SSSR count). The predicted octanol–water partition coefficient (Wildman–Crippen LogP) is 2.60. The third-order valence-corrected chi connectivity index (χ3v) is 2.07. The van der Waals surface area contributed by atoms with Crippen molar-refractivity contribution >= 4 is 11.6 Å². The van der Waals surface area contributed by atoms with Gasteiger partial charge in [-0.2, -0.15) is 0 Å². The summed E-state index contributed by atoms with van der Waals surface area (Å²) in [5.74, 6) is 0. The summed E-state index contributed by atoms with van der Waals surface area (Å²) in [7, 11) is 0. The number of rotatable bonds is 0. The van der Waals surface area contributed by atoms with Crippen molar-refractivity contribution in [3.63, 3.8) is 0 Å². The lowest BCUT2D eigenvalue weighted by molar-refractivity contribution is 0.413. The highest BCUT2D eigenvalue weighted by molar-refractivity contribution is 6.25. The zero-order valence-corrected chi connectivity index (χ0v) is 7.33. The van der Waals surface area contributed by atoms with Crippen LogP contribution >= 0.6 is 11.6 Å². The maximum Gasteiger partial charge on any atom is 0.221 e. The minimum atomic E-state index is -1.93. The number of fused-ring (bicyclic) bond motifs is 1. The van der Waals surface area contributed by atoms with Crippen LogP contribution in [0.25, 0.3) is 0 Å². The lowest BCUT2D eigenvalue weighted by Gasteiger charge is -2.28. The second kappa shape index (κ2) is 2.72. The van der Waals surface area contributed by atoms with Gasteiger partial charge in [-0.05, 0) is 35.6 Å². The second-order valence-corrected chi connectivity index (χ2v) is 3.45. The van der Waals surface area contributed by atoms with Crippen LogP contribution in [0.5, 0.6) is 0 Å². The Morgan fingerprint density at radius 2 is 2.15 bits per heavy atom. The van der Waals surface area contributed by atoms with E-state index in [4.69, 9.17) is 11.6 Å². The van der Waals surface area contributed by atoms with E-state index in [0.29, 0.717) is 16.2 Å². The van der Waals surface area contributed by atoms with Crippen molar-refractivity contribution in [1.82, 2.24) is 5.06 Å². The first-order valence-electron chi connectivity index (χ1n) is 3.73. The maximum absolute atomic E-state index is 13.2. The topological polar surface area (TPSA) is 26.3 Å². The Balaban J connectivity index is 2.39. The predicted molar refractivity (Wildman–Crippen MR) is 49.3 cm³/mol. The van der Waals surface area contributed by atoms with E-state index in [1.165, 1.54) is 36.7 Å². The molecule has 68 valence electrons. The average Bonchev–Trinajstić information content (AvgIpc) is 2.05. The fourth-order valence-corrected chi connectivity index (χ4v) is 1.41. The molecule has 2 nitrogen and oxygen atoms in total. The molecule has 0 amide bonds. The summed E-state index contributed by atoms with van der Waals surface area (Å²) in [5, 5.41) is 9.58. The lowest BCUT2D eigenvalue weighted by Crippen LogP contribution is -2.14. The summed E-state index contributed by atoms with van der Waals surface area (Å²) < 4.78 is 13.2. The Hall–Kier alpha value is -1.06. The number of nitrogens with zero attached hydrogens (tertiary/aromatic N) is 1. The maximum atomic E-state index is 13.2. The lowest BCUT2D eigenvalue weighted by atomic mass is 9.98. The van der Waals surface area contributed by atoms with E-state index in [2.05, 4.69) is 0 Å². The number of hydroxylamine groups is 2. The Morgan fingerprint density at radius 3 is 2.92 bits per heavy atom. The van der Waals surface area contributed by atoms with Crippen LogP contribution in [0.4, 0.5) is 4.39 Å². The van der Waals surface area contributed by atoms with Crippen molar-refractivity contribution in [3.05, 3.63) is 53.1 Å². The van der Waals surface area contributed by atoms with Crippen molar-refractivity contribution in [2.45, 2.75) is 5.13 Å². The van der Waals surface area contributed by atoms with Gasteiger partial charge in [-0.25, -0.2) is 4.39 Å². The fraction of sp³-hybridized carbons (Fsp3) is 0.111. The van der Waals surface area contributed by atoms with Gasteiger partial charge in [-0.15, -0.1) is 0 Å². The van der Waals surface area contributed by atoms with Gasteiger partial charge < -0.3 is 10.3 Å². The largest absolute Gasteiger partial charge is 0.755 e. The first kappa shape index (κ1) is 8.53. The molecule has 0 spiro atoms. The molecule has 0 saturated heterocycles. The highest BCUT2D eigenvalue weighted by atomic mass is 35.5. The molecule has 2 aliphatic rings. The van der Waals surface area contributed by atoms with Gasteiger partial charge in [0.25, 0.3) is 0 Å². The van der Waals surface area contributed by atoms with E-state index in [9.17, 15) is 9.60 Å². The number of hydrogen-bond acceptors (Lipinski definition) is 2. The zero-order valence-electron chi connectivity index (χ0n) is 6.58. The summed E-state index contributed by atoms with van der Waals surface area (Å²) in [5.41, 5.74) is 1.30. The quantitative estimate of drug-likeness (QED) is 0.560. The Kier molecular flexibility index (Phi) is 1.78. The van der Waals surface area contributed by atoms with E-state index in [1.54, 1.807) is 0 Å². The Labute approximate surface area is 79.9 Å². The van der Waals surface area contributed by atoms with Crippen molar-refractivity contribution in [3.8, 4) is 0 Å². The highest BCUT2D eigenvalue weighted by Crippen LogP contribution is 2.32.